The van der Waals surface area contributed by atoms with Gasteiger partial charge < -0.3 is 19.2 Å². The number of fused-ring (bicyclic) bond motifs is 1. The van der Waals surface area contributed by atoms with Crippen LogP contribution in [0.5, 0.6) is 0 Å². The van der Waals surface area contributed by atoms with E-state index < -0.39 is 48.0 Å². The van der Waals surface area contributed by atoms with E-state index in [0.29, 0.717) is 21.9 Å². The molecule has 0 saturated carbocycles. The van der Waals surface area contributed by atoms with Crippen LogP contribution < -0.4 is 16.5 Å². The molecule has 36 heavy (non-hydrogen) atoms. The van der Waals surface area contributed by atoms with Gasteiger partial charge in [-0.05, 0) is 82.3 Å². The lowest BCUT2D eigenvalue weighted by Crippen LogP contribution is -2.44. The Morgan fingerprint density at radius 3 is 2.19 bits per heavy atom. The van der Waals surface area contributed by atoms with Gasteiger partial charge in [0.15, 0.2) is 11.6 Å². The maximum Gasteiger partial charge on any atom is 0.512 e. The molecule has 1 aliphatic heterocycles. The van der Waals surface area contributed by atoms with Gasteiger partial charge in [-0.25, -0.2) is 17.6 Å². The summed E-state index contributed by atoms with van der Waals surface area (Å²) in [5.41, 5.74) is -0.845. The summed E-state index contributed by atoms with van der Waals surface area (Å²) in [5.74, 6) is -2.94. The van der Waals surface area contributed by atoms with Gasteiger partial charge in [0.05, 0.1) is 22.4 Å². The highest BCUT2D eigenvalue weighted by molar-refractivity contribution is 6.61. The van der Waals surface area contributed by atoms with Crippen LogP contribution in [0.25, 0.3) is 10.8 Å². The second-order valence-electron chi connectivity index (χ2n) is 10.3. The molecule has 3 aromatic rings. The number of pyridine rings is 1. The average molecular weight is 504 g/mol. The molecule has 1 aromatic heterocycles. The quantitative estimate of drug-likeness (QED) is 0.367. The van der Waals surface area contributed by atoms with Gasteiger partial charge in [0.25, 0.3) is 12.0 Å². The molecule has 1 aliphatic rings. The maximum absolute atomic E-state index is 14.2. The summed E-state index contributed by atoms with van der Waals surface area (Å²) in [7, 11) is 0.841. The van der Waals surface area contributed by atoms with Gasteiger partial charge in [0.1, 0.15) is 0 Å². The molecule has 1 N–H and O–H groups in total. The minimum absolute atomic E-state index is 0.221. The van der Waals surface area contributed by atoms with Crippen LogP contribution in [-0.4, -0.2) is 22.9 Å². The normalized spacial score (nSPS) is 17.7. The third kappa shape index (κ3) is 4.30. The van der Waals surface area contributed by atoms with Crippen LogP contribution in [-0.2, 0) is 16.4 Å². The van der Waals surface area contributed by atoms with Gasteiger partial charge in [-0.2, -0.15) is 0 Å². The molecule has 1 saturated heterocycles. The maximum atomic E-state index is 14.2. The number of rotatable bonds is 5. The molecule has 0 aliphatic carbocycles. The molecule has 1 fully saturated rings. The van der Waals surface area contributed by atoms with E-state index >= 15 is 0 Å². The molecular formula is C26H29BF4N2O3. The van der Waals surface area contributed by atoms with E-state index in [1.807, 2.05) is 40.7 Å². The summed E-state index contributed by atoms with van der Waals surface area (Å²) in [6.07, 6.45) is -3.22. The number of aromatic nitrogens is 1. The molecule has 0 bridgehead atoms. The van der Waals surface area contributed by atoms with E-state index in [1.54, 1.807) is 26.1 Å². The van der Waals surface area contributed by atoms with Crippen LogP contribution in [0.1, 0.15) is 63.8 Å². The predicted molar refractivity (Wildman–Crippen MR) is 133 cm³/mol. The minimum atomic E-state index is -3.22. The first-order valence-electron chi connectivity index (χ1n) is 11.7. The fraction of sp³-hybridized carbons (Fsp3) is 0.423. The summed E-state index contributed by atoms with van der Waals surface area (Å²) < 4.78 is 68.7. The van der Waals surface area contributed by atoms with Crippen molar-refractivity contribution in [3.8, 4) is 0 Å². The van der Waals surface area contributed by atoms with Gasteiger partial charge in [-0.1, -0.05) is 6.07 Å². The van der Waals surface area contributed by atoms with Crippen molar-refractivity contribution < 1.29 is 26.9 Å². The first kappa shape index (κ1) is 26.2. The highest BCUT2D eigenvalue weighted by atomic mass is 19.3. The summed E-state index contributed by atoms with van der Waals surface area (Å²) in [4.78, 5) is 13.4. The lowest BCUT2D eigenvalue weighted by Gasteiger charge is -2.32. The number of nitrogens with one attached hydrogen (secondary N) is 1. The Labute approximate surface area is 207 Å². The number of halogens is 4. The van der Waals surface area contributed by atoms with Crippen molar-refractivity contribution in [2.45, 2.75) is 65.2 Å². The van der Waals surface area contributed by atoms with E-state index in [2.05, 4.69) is 5.32 Å². The van der Waals surface area contributed by atoms with Crippen molar-refractivity contribution in [1.29, 1.82) is 0 Å². The van der Waals surface area contributed by atoms with Crippen molar-refractivity contribution in [3.63, 3.8) is 0 Å². The van der Waals surface area contributed by atoms with Gasteiger partial charge in [0, 0.05) is 24.2 Å². The number of aryl methyl sites for hydroxylation is 1. The molecule has 1 atom stereocenters. The van der Waals surface area contributed by atoms with E-state index in [4.69, 9.17) is 9.31 Å². The number of hydrogen-bond acceptors (Lipinski definition) is 4. The Hall–Kier alpha value is -2.85. The zero-order valence-corrected chi connectivity index (χ0v) is 21.3. The van der Waals surface area contributed by atoms with Crippen LogP contribution >= 0.6 is 0 Å². The van der Waals surface area contributed by atoms with Crippen molar-refractivity contribution >= 4 is 29.2 Å². The standard InChI is InChI=1S/C26H29BF4N2O3/c1-13-10-15(14(2)32-19-9-8-18(28)22(29)21(19)23(30)31)16-12-20(33(7)24(34)17(16)11-13)27-35-25(3,4)26(5,6)36-27/h8-12,14,23,32H,1-7H3/t14-/m1/s1. The van der Waals surface area contributed by atoms with E-state index in [1.165, 1.54) is 4.57 Å². The van der Waals surface area contributed by atoms with Crippen LogP contribution in [0.4, 0.5) is 23.2 Å². The second-order valence-corrected chi connectivity index (χ2v) is 10.3. The molecule has 0 radical (unpaired) electrons. The molecule has 0 spiro atoms. The molecule has 10 heteroatoms. The average Bonchev–Trinajstić information content (AvgIpc) is 2.99. The fourth-order valence-corrected chi connectivity index (χ4v) is 4.47. The number of alkyl halides is 2. The topological polar surface area (TPSA) is 52.5 Å². The van der Waals surface area contributed by atoms with Crippen molar-refractivity contribution in [2.75, 3.05) is 5.32 Å². The Bertz CT molecular complexity index is 1390. The van der Waals surface area contributed by atoms with Crippen molar-refractivity contribution in [3.05, 3.63) is 69.0 Å². The Morgan fingerprint density at radius 1 is 1.00 bits per heavy atom. The van der Waals surface area contributed by atoms with Crippen molar-refractivity contribution in [1.82, 2.24) is 4.57 Å². The summed E-state index contributed by atoms with van der Waals surface area (Å²) in [6, 6.07) is 6.64. The minimum Gasteiger partial charge on any atom is -0.398 e. The molecule has 192 valence electrons. The second kappa shape index (κ2) is 8.92. The van der Waals surface area contributed by atoms with E-state index in [0.717, 1.165) is 17.7 Å². The van der Waals surface area contributed by atoms with E-state index in [9.17, 15) is 22.4 Å². The first-order chi connectivity index (χ1) is 16.6. The molecule has 0 amide bonds. The van der Waals surface area contributed by atoms with Gasteiger partial charge >= 0.3 is 7.12 Å². The third-order valence-electron chi connectivity index (χ3n) is 7.26. The molecule has 2 heterocycles. The monoisotopic (exact) mass is 504 g/mol. The highest BCUT2D eigenvalue weighted by Crippen LogP contribution is 2.37. The lowest BCUT2D eigenvalue weighted by atomic mass is 9.81. The van der Waals surface area contributed by atoms with Gasteiger partial charge in [0.2, 0.25) is 0 Å². The van der Waals surface area contributed by atoms with Crippen LogP contribution in [0.3, 0.4) is 0 Å². The Kier molecular flexibility index (Phi) is 6.50. The third-order valence-corrected chi connectivity index (χ3v) is 7.26. The number of nitrogens with zero attached hydrogens (tertiary/aromatic N) is 1. The van der Waals surface area contributed by atoms with Crippen LogP contribution in [0.15, 0.2) is 35.1 Å². The fourth-order valence-electron chi connectivity index (χ4n) is 4.47. The van der Waals surface area contributed by atoms with E-state index in [-0.39, 0.29) is 11.2 Å². The van der Waals surface area contributed by atoms with Crippen molar-refractivity contribution in [2.24, 2.45) is 7.05 Å². The number of anilines is 1. The molecular weight excluding hydrogens is 475 g/mol. The Morgan fingerprint density at radius 2 is 1.61 bits per heavy atom. The largest absolute Gasteiger partial charge is 0.512 e. The van der Waals surface area contributed by atoms with Gasteiger partial charge in [-0.3, -0.25) is 4.79 Å². The summed E-state index contributed by atoms with van der Waals surface area (Å²) in [6.45, 7) is 11.2. The SMILES string of the molecule is Cc1cc([C@@H](C)Nc2ccc(F)c(F)c2C(F)F)c2cc(B3OC(C)(C)C(C)(C)O3)n(C)c(=O)c2c1. The molecule has 4 rings (SSSR count). The predicted octanol–water partition coefficient (Wildman–Crippen LogP) is 5.54. The zero-order chi connectivity index (χ0) is 26.7. The molecule has 2 aromatic carbocycles. The number of hydrogen-bond donors (Lipinski definition) is 1. The van der Waals surface area contributed by atoms with Crippen LogP contribution in [0, 0.1) is 18.6 Å². The van der Waals surface area contributed by atoms with Gasteiger partial charge in [-0.15, -0.1) is 0 Å². The number of benzene rings is 2. The first-order valence-corrected chi connectivity index (χ1v) is 11.7. The summed E-state index contributed by atoms with van der Waals surface area (Å²) in [5, 5.41) is 3.90. The Balaban J connectivity index is 1.84. The summed E-state index contributed by atoms with van der Waals surface area (Å²) >= 11 is 0. The molecule has 0 unspecified atom stereocenters. The lowest BCUT2D eigenvalue weighted by molar-refractivity contribution is 0.00578. The highest BCUT2D eigenvalue weighted by Gasteiger charge is 2.52. The molecule has 5 nitrogen and oxygen atoms in total. The zero-order valence-electron chi connectivity index (χ0n) is 21.3. The van der Waals surface area contributed by atoms with Crippen LogP contribution in [0.2, 0.25) is 0 Å². The smallest absolute Gasteiger partial charge is 0.398 e.